The lowest BCUT2D eigenvalue weighted by atomic mass is 10.1. The molecule has 0 radical (unpaired) electrons. The molecule has 5 nitrogen and oxygen atoms in total. The Hall–Kier alpha value is -1.33. The highest BCUT2D eigenvalue weighted by Gasteiger charge is 2.19. The molecular formula is C25H47N3O2. The predicted molar refractivity (Wildman–Crippen MR) is 128 cm³/mol. The number of piperazine rings is 1. The van der Waals surface area contributed by atoms with Crippen LogP contribution in [0, 0.1) is 0 Å². The lowest BCUT2D eigenvalue weighted by molar-refractivity contribution is 0.106. The number of carboxylic acid groups (broad SMARTS) is 1. The second kappa shape index (κ2) is 19.6. The van der Waals surface area contributed by atoms with Crippen molar-refractivity contribution in [2.75, 3.05) is 45.8 Å². The maximum absolute atomic E-state index is 10.9. The topological polar surface area (TPSA) is 55.8 Å². The highest BCUT2D eigenvalue weighted by atomic mass is 16.4. The van der Waals surface area contributed by atoms with Crippen LogP contribution in [0.3, 0.4) is 0 Å². The van der Waals surface area contributed by atoms with Gasteiger partial charge >= 0.3 is 6.09 Å². The molecule has 0 aromatic rings. The summed E-state index contributed by atoms with van der Waals surface area (Å²) in [6, 6.07) is 0. The van der Waals surface area contributed by atoms with Crippen LogP contribution in [0.2, 0.25) is 0 Å². The minimum Gasteiger partial charge on any atom is -0.465 e. The number of nitrogens with zero attached hydrogens (tertiary/aromatic N) is 2. The average molecular weight is 422 g/mol. The molecule has 0 aromatic heterocycles. The van der Waals surface area contributed by atoms with Crippen LogP contribution in [0.1, 0.15) is 84.0 Å². The van der Waals surface area contributed by atoms with Crippen molar-refractivity contribution in [2.24, 2.45) is 0 Å². The first kappa shape index (κ1) is 26.7. The van der Waals surface area contributed by atoms with E-state index in [1.54, 1.807) is 0 Å². The van der Waals surface area contributed by atoms with Gasteiger partial charge in [-0.1, -0.05) is 69.8 Å². The monoisotopic (exact) mass is 421 g/mol. The third-order valence-electron chi connectivity index (χ3n) is 5.80. The Kier molecular flexibility index (Phi) is 17.5. The lowest BCUT2D eigenvalue weighted by Gasteiger charge is -2.33. The molecule has 1 saturated heterocycles. The van der Waals surface area contributed by atoms with Gasteiger partial charge in [0.1, 0.15) is 0 Å². The summed E-state index contributed by atoms with van der Waals surface area (Å²) in [6.45, 7) is 8.39. The molecule has 0 spiro atoms. The molecule has 1 heterocycles. The second-order valence-electron chi connectivity index (χ2n) is 8.45. The van der Waals surface area contributed by atoms with E-state index in [2.05, 4.69) is 41.4 Å². The van der Waals surface area contributed by atoms with Crippen LogP contribution in [0.4, 0.5) is 4.79 Å². The number of carbonyl (C=O) groups is 1. The quantitative estimate of drug-likeness (QED) is 0.221. The zero-order valence-corrected chi connectivity index (χ0v) is 19.5. The first-order valence-electron chi connectivity index (χ1n) is 12.4. The van der Waals surface area contributed by atoms with Crippen molar-refractivity contribution in [1.82, 2.24) is 15.1 Å². The Morgan fingerprint density at radius 3 is 2.03 bits per heavy atom. The molecule has 0 bridgehead atoms. The first-order valence-corrected chi connectivity index (χ1v) is 12.4. The molecule has 0 aliphatic carbocycles. The van der Waals surface area contributed by atoms with Crippen LogP contribution >= 0.6 is 0 Å². The van der Waals surface area contributed by atoms with Crippen molar-refractivity contribution in [2.45, 2.75) is 84.0 Å². The average Bonchev–Trinajstić information content (AvgIpc) is 2.75. The minimum absolute atomic E-state index is 0.640. The van der Waals surface area contributed by atoms with Gasteiger partial charge in [-0.2, -0.15) is 0 Å². The molecule has 174 valence electrons. The predicted octanol–water partition coefficient (Wildman–Crippen LogP) is 5.69. The highest BCUT2D eigenvalue weighted by molar-refractivity contribution is 5.65. The molecule has 5 heteroatoms. The third-order valence-corrected chi connectivity index (χ3v) is 5.80. The van der Waals surface area contributed by atoms with Gasteiger partial charge in [0.05, 0.1) is 0 Å². The van der Waals surface area contributed by atoms with Gasteiger partial charge in [0.2, 0.25) is 0 Å². The van der Waals surface area contributed by atoms with E-state index >= 15 is 0 Å². The van der Waals surface area contributed by atoms with Crippen molar-refractivity contribution < 1.29 is 9.90 Å². The molecule has 0 atom stereocenters. The van der Waals surface area contributed by atoms with Crippen LogP contribution in [-0.4, -0.2) is 66.8 Å². The molecule has 1 fully saturated rings. The number of unbranched alkanes of at least 4 members (excludes halogenated alkanes) is 9. The summed E-state index contributed by atoms with van der Waals surface area (Å²) in [7, 11) is 0. The molecular weight excluding hydrogens is 374 g/mol. The highest BCUT2D eigenvalue weighted by Crippen LogP contribution is 2.08. The SMILES string of the molecule is CCCCC/C=C\C/C=C\CCCCCCCCNCCN1CCN(C(=O)O)CC1. The largest absolute Gasteiger partial charge is 0.465 e. The van der Waals surface area contributed by atoms with Crippen LogP contribution in [0.15, 0.2) is 24.3 Å². The van der Waals surface area contributed by atoms with Crippen molar-refractivity contribution in [3.63, 3.8) is 0 Å². The first-order chi connectivity index (χ1) is 14.7. The third kappa shape index (κ3) is 15.5. The summed E-state index contributed by atoms with van der Waals surface area (Å²) >= 11 is 0. The number of hydrogen-bond acceptors (Lipinski definition) is 3. The van der Waals surface area contributed by atoms with Gasteiger partial charge in [-0.3, -0.25) is 4.90 Å². The zero-order valence-electron chi connectivity index (χ0n) is 19.5. The van der Waals surface area contributed by atoms with Crippen LogP contribution in [0.5, 0.6) is 0 Å². The van der Waals surface area contributed by atoms with Crippen molar-refractivity contribution in [1.29, 1.82) is 0 Å². The number of rotatable bonds is 18. The van der Waals surface area contributed by atoms with E-state index in [1.807, 2.05) is 0 Å². The maximum Gasteiger partial charge on any atom is 0.407 e. The fraction of sp³-hybridized carbons (Fsp3) is 0.800. The Bertz CT molecular complexity index is 457. The minimum atomic E-state index is -0.787. The molecule has 1 amide bonds. The maximum atomic E-state index is 10.9. The van der Waals surface area contributed by atoms with Crippen LogP contribution in [-0.2, 0) is 0 Å². The van der Waals surface area contributed by atoms with E-state index in [0.717, 1.165) is 39.1 Å². The summed E-state index contributed by atoms with van der Waals surface area (Å²) in [6.07, 6.45) is 24.0. The van der Waals surface area contributed by atoms with E-state index in [1.165, 1.54) is 75.5 Å². The number of allylic oxidation sites excluding steroid dienone is 4. The van der Waals surface area contributed by atoms with E-state index in [0.29, 0.717) is 13.1 Å². The summed E-state index contributed by atoms with van der Waals surface area (Å²) in [4.78, 5) is 14.8. The second-order valence-corrected chi connectivity index (χ2v) is 8.45. The molecule has 0 unspecified atom stereocenters. The number of hydrogen-bond donors (Lipinski definition) is 2. The smallest absolute Gasteiger partial charge is 0.407 e. The van der Waals surface area contributed by atoms with Gasteiger partial charge in [-0.25, -0.2) is 4.79 Å². The standard InChI is InChI=1S/C25H47N3O2/c1-2-3-4-5-6-7-8-9-10-11-12-13-14-15-16-17-18-26-19-20-27-21-23-28(24-22-27)25(29)30/h6-7,9-10,26H,2-5,8,11-24H2,1H3,(H,29,30)/b7-6-,10-9-. The van der Waals surface area contributed by atoms with Crippen molar-refractivity contribution in [3.8, 4) is 0 Å². The van der Waals surface area contributed by atoms with Crippen LogP contribution in [0.25, 0.3) is 0 Å². The van der Waals surface area contributed by atoms with Gasteiger partial charge < -0.3 is 15.3 Å². The Morgan fingerprint density at radius 1 is 0.800 bits per heavy atom. The Labute approximate surface area is 185 Å². The Balaban J connectivity index is 1.77. The molecule has 1 rings (SSSR count). The summed E-state index contributed by atoms with van der Waals surface area (Å²) < 4.78 is 0. The fourth-order valence-corrected chi connectivity index (χ4v) is 3.76. The molecule has 1 aliphatic rings. The Morgan fingerprint density at radius 2 is 1.40 bits per heavy atom. The van der Waals surface area contributed by atoms with Gasteiger partial charge in [0, 0.05) is 39.3 Å². The molecule has 0 saturated carbocycles. The van der Waals surface area contributed by atoms with Crippen molar-refractivity contribution in [3.05, 3.63) is 24.3 Å². The van der Waals surface area contributed by atoms with Gasteiger partial charge in [-0.05, 0) is 45.1 Å². The zero-order chi connectivity index (χ0) is 21.7. The number of nitrogens with one attached hydrogen (secondary N) is 1. The molecule has 1 aliphatic heterocycles. The van der Waals surface area contributed by atoms with Crippen LogP contribution < -0.4 is 5.32 Å². The normalized spacial score (nSPS) is 15.6. The van der Waals surface area contributed by atoms with E-state index in [-0.39, 0.29) is 0 Å². The summed E-state index contributed by atoms with van der Waals surface area (Å²) in [5.74, 6) is 0. The fourth-order valence-electron chi connectivity index (χ4n) is 3.76. The molecule has 0 aromatic carbocycles. The van der Waals surface area contributed by atoms with E-state index < -0.39 is 6.09 Å². The molecule has 30 heavy (non-hydrogen) atoms. The van der Waals surface area contributed by atoms with Gasteiger partial charge in [0.25, 0.3) is 0 Å². The molecule has 2 N–H and O–H groups in total. The van der Waals surface area contributed by atoms with Gasteiger partial charge in [-0.15, -0.1) is 0 Å². The summed E-state index contributed by atoms with van der Waals surface area (Å²) in [5, 5.41) is 12.5. The number of amides is 1. The van der Waals surface area contributed by atoms with Gasteiger partial charge in [0.15, 0.2) is 0 Å². The summed E-state index contributed by atoms with van der Waals surface area (Å²) in [5.41, 5.74) is 0. The van der Waals surface area contributed by atoms with E-state index in [4.69, 9.17) is 5.11 Å². The lowest BCUT2D eigenvalue weighted by Crippen LogP contribution is -2.49. The van der Waals surface area contributed by atoms with E-state index in [9.17, 15) is 4.79 Å². The van der Waals surface area contributed by atoms with Crippen molar-refractivity contribution >= 4 is 6.09 Å².